The Hall–Kier alpha value is -2.63. The number of carbonyl (C=O) groups excluding carboxylic acids is 1. The van der Waals surface area contributed by atoms with Gasteiger partial charge < -0.3 is 15.0 Å². The molecule has 1 fully saturated rings. The van der Waals surface area contributed by atoms with E-state index in [0.717, 1.165) is 42.0 Å². The second-order valence-corrected chi connectivity index (χ2v) is 7.50. The molecule has 3 rings (SSSR count). The summed E-state index contributed by atoms with van der Waals surface area (Å²) >= 11 is 0. The molecule has 1 aromatic carbocycles. The fraction of sp³-hybridized carbons (Fsp3) is 0.476. The molecule has 0 radical (unpaired) electrons. The molecular weight excluding hydrogens is 340 g/mol. The molecule has 0 unspecified atom stereocenters. The zero-order chi connectivity index (χ0) is 19.4. The highest BCUT2D eigenvalue weighted by Crippen LogP contribution is 2.22. The molecular formula is C21H28N4O2. The summed E-state index contributed by atoms with van der Waals surface area (Å²) < 4.78 is 5.66. The molecule has 1 saturated heterocycles. The van der Waals surface area contributed by atoms with Crippen LogP contribution in [0.1, 0.15) is 36.6 Å². The molecule has 1 aromatic heterocycles. The first-order valence-corrected chi connectivity index (χ1v) is 9.51. The molecule has 0 bridgehead atoms. The third-order valence-electron chi connectivity index (χ3n) is 4.78. The number of nitrogens with zero attached hydrogens (tertiary/aromatic N) is 3. The largest absolute Gasteiger partial charge is 0.467 e. The van der Waals surface area contributed by atoms with E-state index in [9.17, 15) is 4.79 Å². The molecule has 6 nitrogen and oxygen atoms in total. The van der Waals surface area contributed by atoms with Crippen molar-refractivity contribution in [1.29, 1.82) is 0 Å². The molecule has 0 aliphatic carbocycles. The minimum Gasteiger partial charge on any atom is -0.467 e. The molecule has 2 heterocycles. The van der Waals surface area contributed by atoms with E-state index >= 15 is 0 Å². The van der Waals surface area contributed by atoms with E-state index in [-0.39, 0.29) is 12.5 Å². The van der Waals surface area contributed by atoms with Gasteiger partial charge in [0.1, 0.15) is 0 Å². The number of hydrogen-bond donors (Lipinski definition) is 1. The first-order chi connectivity index (χ1) is 12.9. The lowest BCUT2D eigenvalue weighted by Crippen LogP contribution is -2.35. The SMILES string of the molecule is Cc1ccc(C)c(NC(=O)COc2cc(C)nc(N3CCC[C@H](C)C3)n2)c1. The number of rotatable bonds is 5. The summed E-state index contributed by atoms with van der Waals surface area (Å²) in [6, 6.07) is 7.74. The van der Waals surface area contributed by atoms with Gasteiger partial charge in [-0.3, -0.25) is 4.79 Å². The predicted molar refractivity (Wildman–Crippen MR) is 107 cm³/mol. The van der Waals surface area contributed by atoms with Crippen LogP contribution in [0.25, 0.3) is 0 Å². The van der Waals surface area contributed by atoms with Crippen LogP contribution in [0.15, 0.2) is 24.3 Å². The third-order valence-corrected chi connectivity index (χ3v) is 4.78. The molecule has 1 aliphatic rings. The quantitative estimate of drug-likeness (QED) is 0.872. The number of aryl methyl sites for hydroxylation is 3. The van der Waals surface area contributed by atoms with Gasteiger partial charge in [-0.05, 0) is 56.7 Å². The maximum atomic E-state index is 12.3. The topological polar surface area (TPSA) is 67.3 Å². The molecule has 1 atom stereocenters. The van der Waals surface area contributed by atoms with Crippen LogP contribution in [0, 0.1) is 26.7 Å². The summed E-state index contributed by atoms with van der Waals surface area (Å²) in [6.45, 7) is 9.96. The van der Waals surface area contributed by atoms with Crippen LogP contribution in [0.3, 0.4) is 0 Å². The van der Waals surface area contributed by atoms with Crippen molar-refractivity contribution in [3.8, 4) is 5.88 Å². The fourth-order valence-electron chi connectivity index (χ4n) is 3.31. The second-order valence-electron chi connectivity index (χ2n) is 7.50. The van der Waals surface area contributed by atoms with Crippen molar-refractivity contribution in [2.45, 2.75) is 40.5 Å². The molecule has 1 aliphatic heterocycles. The number of nitrogens with one attached hydrogen (secondary N) is 1. The number of amides is 1. The van der Waals surface area contributed by atoms with Gasteiger partial charge in [0.05, 0.1) is 0 Å². The average molecular weight is 368 g/mol. The van der Waals surface area contributed by atoms with Crippen LogP contribution in [-0.4, -0.2) is 35.6 Å². The Bertz CT molecular complexity index is 822. The van der Waals surface area contributed by atoms with Gasteiger partial charge in [0.2, 0.25) is 11.8 Å². The van der Waals surface area contributed by atoms with Crippen LogP contribution >= 0.6 is 0 Å². The minimum absolute atomic E-state index is 0.0837. The molecule has 0 saturated carbocycles. The van der Waals surface area contributed by atoms with E-state index in [1.54, 1.807) is 6.07 Å². The number of aromatic nitrogens is 2. The summed E-state index contributed by atoms with van der Waals surface area (Å²) in [7, 11) is 0. The van der Waals surface area contributed by atoms with Gasteiger partial charge >= 0.3 is 0 Å². The van der Waals surface area contributed by atoms with Crippen molar-refractivity contribution in [3.05, 3.63) is 41.1 Å². The van der Waals surface area contributed by atoms with Gasteiger partial charge in [-0.15, -0.1) is 0 Å². The monoisotopic (exact) mass is 368 g/mol. The molecule has 27 heavy (non-hydrogen) atoms. The Morgan fingerprint density at radius 1 is 1.26 bits per heavy atom. The zero-order valence-corrected chi connectivity index (χ0v) is 16.6. The fourth-order valence-corrected chi connectivity index (χ4v) is 3.31. The summed E-state index contributed by atoms with van der Waals surface area (Å²) in [5.41, 5.74) is 3.77. The third kappa shape index (κ3) is 5.18. The predicted octanol–water partition coefficient (Wildman–Crippen LogP) is 3.66. The van der Waals surface area contributed by atoms with E-state index in [1.807, 2.05) is 39.0 Å². The summed E-state index contributed by atoms with van der Waals surface area (Å²) in [5, 5.41) is 2.90. The molecule has 0 spiro atoms. The Morgan fingerprint density at radius 2 is 2.07 bits per heavy atom. The Kier molecular flexibility index (Phi) is 5.94. The van der Waals surface area contributed by atoms with Gasteiger partial charge in [0.25, 0.3) is 5.91 Å². The highest BCUT2D eigenvalue weighted by atomic mass is 16.5. The van der Waals surface area contributed by atoms with Crippen LogP contribution in [0.4, 0.5) is 11.6 Å². The van der Waals surface area contributed by atoms with Gasteiger partial charge in [0, 0.05) is 30.5 Å². The van der Waals surface area contributed by atoms with Crippen LogP contribution < -0.4 is 15.0 Å². The van der Waals surface area contributed by atoms with E-state index < -0.39 is 0 Å². The summed E-state index contributed by atoms with van der Waals surface area (Å²) in [6.07, 6.45) is 2.39. The molecule has 1 amide bonds. The van der Waals surface area contributed by atoms with Crippen molar-refractivity contribution in [1.82, 2.24) is 9.97 Å². The number of benzene rings is 1. The summed E-state index contributed by atoms with van der Waals surface area (Å²) in [4.78, 5) is 23.5. The van der Waals surface area contributed by atoms with Gasteiger partial charge in [0.15, 0.2) is 6.61 Å². The standard InChI is InChI=1S/C21H28N4O2/c1-14-7-8-16(3)18(10-14)23-19(26)13-27-20-11-17(4)22-21(24-20)25-9-5-6-15(2)12-25/h7-8,10-11,15H,5-6,9,12-13H2,1-4H3,(H,23,26)/t15-/m0/s1. The molecule has 6 heteroatoms. The van der Waals surface area contributed by atoms with Gasteiger partial charge in [-0.2, -0.15) is 4.98 Å². The zero-order valence-electron chi connectivity index (χ0n) is 16.6. The van der Waals surface area contributed by atoms with Crippen LogP contribution in [-0.2, 0) is 4.79 Å². The lowest BCUT2D eigenvalue weighted by Gasteiger charge is -2.31. The minimum atomic E-state index is -0.201. The van der Waals surface area contributed by atoms with Gasteiger partial charge in [-0.1, -0.05) is 19.1 Å². The Labute approximate surface area is 161 Å². The maximum Gasteiger partial charge on any atom is 0.262 e. The average Bonchev–Trinajstić information content (AvgIpc) is 2.63. The van der Waals surface area contributed by atoms with Crippen LogP contribution in [0.5, 0.6) is 5.88 Å². The number of ether oxygens (including phenoxy) is 1. The smallest absolute Gasteiger partial charge is 0.262 e. The number of piperidine rings is 1. The highest BCUT2D eigenvalue weighted by Gasteiger charge is 2.19. The van der Waals surface area contributed by atoms with Crippen molar-refractivity contribution >= 4 is 17.5 Å². The molecule has 2 aromatic rings. The lowest BCUT2D eigenvalue weighted by molar-refractivity contribution is -0.118. The van der Waals surface area contributed by atoms with Crippen LogP contribution in [0.2, 0.25) is 0 Å². The normalized spacial score (nSPS) is 16.9. The van der Waals surface area contributed by atoms with E-state index in [4.69, 9.17) is 4.74 Å². The first kappa shape index (κ1) is 19.1. The summed E-state index contributed by atoms with van der Waals surface area (Å²) in [5.74, 6) is 1.56. The van der Waals surface area contributed by atoms with E-state index in [1.165, 1.54) is 6.42 Å². The van der Waals surface area contributed by atoms with E-state index in [0.29, 0.717) is 17.7 Å². The van der Waals surface area contributed by atoms with Crippen molar-refractivity contribution in [3.63, 3.8) is 0 Å². The van der Waals surface area contributed by atoms with Crippen molar-refractivity contribution in [2.75, 3.05) is 29.9 Å². The second kappa shape index (κ2) is 8.37. The Morgan fingerprint density at radius 3 is 2.85 bits per heavy atom. The Balaban J connectivity index is 1.63. The maximum absolute atomic E-state index is 12.3. The number of anilines is 2. The number of carbonyl (C=O) groups is 1. The molecule has 1 N–H and O–H groups in total. The highest BCUT2D eigenvalue weighted by molar-refractivity contribution is 5.92. The molecule has 144 valence electrons. The van der Waals surface area contributed by atoms with Crippen molar-refractivity contribution < 1.29 is 9.53 Å². The van der Waals surface area contributed by atoms with Gasteiger partial charge in [-0.25, -0.2) is 4.98 Å². The first-order valence-electron chi connectivity index (χ1n) is 9.51. The van der Waals surface area contributed by atoms with Crippen molar-refractivity contribution in [2.24, 2.45) is 5.92 Å². The number of hydrogen-bond acceptors (Lipinski definition) is 5. The lowest BCUT2D eigenvalue weighted by atomic mass is 10.0. The van der Waals surface area contributed by atoms with E-state index in [2.05, 4.69) is 27.1 Å².